The van der Waals surface area contributed by atoms with E-state index >= 15 is 0 Å². The summed E-state index contributed by atoms with van der Waals surface area (Å²) in [6.45, 7) is 0. The van der Waals surface area contributed by atoms with Gasteiger partial charge >= 0.3 is 0 Å². The van der Waals surface area contributed by atoms with Crippen molar-refractivity contribution in [1.82, 2.24) is 4.31 Å². The van der Waals surface area contributed by atoms with Crippen molar-refractivity contribution in [2.45, 2.75) is 6.04 Å². The highest BCUT2D eigenvalue weighted by Crippen LogP contribution is 2.41. The summed E-state index contributed by atoms with van der Waals surface area (Å²) in [7, 11) is -3.44. The summed E-state index contributed by atoms with van der Waals surface area (Å²) in [5.41, 5.74) is 2.49. The summed E-state index contributed by atoms with van der Waals surface area (Å²) in [6, 6.07) is 18.8. The molecular formula is C17H14N2O2S2. The van der Waals surface area contributed by atoms with Gasteiger partial charge in [0, 0.05) is 5.41 Å². The molecule has 0 aromatic heterocycles. The van der Waals surface area contributed by atoms with E-state index in [1.807, 2.05) is 66.1 Å². The summed E-state index contributed by atoms with van der Waals surface area (Å²) in [4.78, 5) is 4.66. The Morgan fingerprint density at radius 1 is 1.00 bits per heavy atom. The van der Waals surface area contributed by atoms with Gasteiger partial charge < -0.3 is 0 Å². The van der Waals surface area contributed by atoms with Crippen LogP contribution < -0.4 is 0 Å². The van der Waals surface area contributed by atoms with E-state index in [-0.39, 0.29) is 11.8 Å². The predicted molar refractivity (Wildman–Crippen MR) is 94.3 cm³/mol. The molecule has 1 unspecified atom stereocenters. The number of sulfonamides is 1. The van der Waals surface area contributed by atoms with Crippen LogP contribution in [0.2, 0.25) is 0 Å². The Kier molecular flexibility index (Phi) is 3.50. The van der Waals surface area contributed by atoms with Crippen molar-refractivity contribution in [3.8, 4) is 0 Å². The number of thioether (sulfide) groups is 1. The van der Waals surface area contributed by atoms with E-state index in [0.717, 1.165) is 11.1 Å². The summed E-state index contributed by atoms with van der Waals surface area (Å²) < 4.78 is 27.0. The first-order valence-corrected chi connectivity index (χ1v) is 9.72. The lowest BCUT2D eigenvalue weighted by molar-refractivity contribution is 0.553. The van der Waals surface area contributed by atoms with Crippen LogP contribution in [0.15, 0.2) is 71.1 Å². The van der Waals surface area contributed by atoms with E-state index in [9.17, 15) is 8.42 Å². The molecule has 0 saturated carbocycles. The molecule has 0 fully saturated rings. The molecule has 0 radical (unpaired) electrons. The summed E-state index contributed by atoms with van der Waals surface area (Å²) in [6.07, 6.45) is 0. The van der Waals surface area contributed by atoms with Gasteiger partial charge in [0.2, 0.25) is 10.0 Å². The lowest BCUT2D eigenvalue weighted by Crippen LogP contribution is -2.38. The van der Waals surface area contributed by atoms with Gasteiger partial charge in [0.25, 0.3) is 0 Å². The van der Waals surface area contributed by atoms with Gasteiger partial charge in [-0.3, -0.25) is 4.99 Å². The van der Waals surface area contributed by atoms with Gasteiger partial charge in [-0.25, -0.2) is 12.7 Å². The summed E-state index contributed by atoms with van der Waals surface area (Å²) >= 11 is 1.36. The van der Waals surface area contributed by atoms with E-state index in [0.29, 0.717) is 10.9 Å². The number of rotatable bonds is 2. The molecule has 2 aliphatic rings. The van der Waals surface area contributed by atoms with Crippen LogP contribution in [-0.2, 0) is 10.0 Å². The van der Waals surface area contributed by atoms with Crippen LogP contribution in [0.4, 0.5) is 0 Å². The van der Waals surface area contributed by atoms with Crippen molar-refractivity contribution in [2.75, 3.05) is 5.75 Å². The third-order valence-electron chi connectivity index (χ3n) is 3.84. The monoisotopic (exact) mass is 342 g/mol. The number of aliphatic imine (C=N–C) groups is 1. The van der Waals surface area contributed by atoms with Crippen molar-refractivity contribution >= 4 is 32.6 Å². The Balaban J connectivity index is 1.75. The summed E-state index contributed by atoms with van der Waals surface area (Å²) in [5.74, 6) is -0.00868. The molecule has 116 valence electrons. The maximum absolute atomic E-state index is 12.8. The number of hydrogen-bond acceptors (Lipinski definition) is 4. The maximum atomic E-state index is 12.8. The minimum absolute atomic E-state index is 0.00868. The Morgan fingerprint density at radius 3 is 2.35 bits per heavy atom. The molecule has 4 rings (SSSR count). The Hall–Kier alpha value is -2.05. The lowest BCUT2D eigenvalue weighted by atomic mass is 10.1. The number of fused-ring (bicyclic) bond motifs is 1. The zero-order valence-electron chi connectivity index (χ0n) is 12.2. The van der Waals surface area contributed by atoms with Crippen molar-refractivity contribution in [3.63, 3.8) is 0 Å². The quantitative estimate of drug-likeness (QED) is 0.839. The van der Waals surface area contributed by atoms with Gasteiger partial charge in [-0.15, -0.1) is 0 Å². The van der Waals surface area contributed by atoms with Crippen LogP contribution in [0.1, 0.15) is 17.2 Å². The zero-order valence-corrected chi connectivity index (χ0v) is 13.8. The van der Waals surface area contributed by atoms with Crippen molar-refractivity contribution < 1.29 is 8.42 Å². The van der Waals surface area contributed by atoms with Crippen LogP contribution in [-0.4, -0.2) is 23.6 Å². The largest absolute Gasteiger partial charge is 0.252 e. The molecule has 23 heavy (non-hydrogen) atoms. The van der Waals surface area contributed by atoms with Gasteiger partial charge in [0.1, 0.15) is 0 Å². The first-order chi connectivity index (χ1) is 11.1. The molecule has 6 heteroatoms. The fraction of sp³-hybridized carbons (Fsp3) is 0.118. The number of amidine groups is 1. The van der Waals surface area contributed by atoms with Crippen LogP contribution in [0, 0.1) is 0 Å². The van der Waals surface area contributed by atoms with Crippen molar-refractivity contribution in [1.29, 1.82) is 0 Å². The van der Waals surface area contributed by atoms with Gasteiger partial charge in [-0.2, -0.15) is 0 Å². The smallest absolute Gasteiger partial charge is 0.243 e. The molecule has 0 aliphatic carbocycles. The van der Waals surface area contributed by atoms with E-state index in [1.165, 1.54) is 16.1 Å². The molecule has 0 amide bonds. The van der Waals surface area contributed by atoms with Gasteiger partial charge in [-0.1, -0.05) is 72.4 Å². The first-order valence-electron chi connectivity index (χ1n) is 7.23. The topological polar surface area (TPSA) is 49.7 Å². The second-order valence-corrected chi connectivity index (χ2v) is 8.07. The highest BCUT2D eigenvalue weighted by molar-refractivity contribution is 8.18. The number of nitrogens with zero attached hydrogens (tertiary/aromatic N) is 2. The molecule has 2 aliphatic heterocycles. The fourth-order valence-electron chi connectivity index (χ4n) is 2.74. The minimum atomic E-state index is -3.44. The van der Waals surface area contributed by atoms with Crippen molar-refractivity contribution in [2.24, 2.45) is 4.99 Å². The number of benzene rings is 2. The molecule has 4 nitrogen and oxygen atoms in total. The standard InChI is InChI=1S/C17H14N2O2S2/c20-23(21)12-15(13-7-3-1-4-8-13)18-17-19(23)16(11-22-17)14-9-5-2-6-10-14/h1-11,15H,12H2. The molecule has 1 atom stereocenters. The summed E-state index contributed by atoms with van der Waals surface area (Å²) in [5, 5.41) is 2.39. The molecule has 0 N–H and O–H groups in total. The van der Waals surface area contributed by atoms with E-state index in [1.54, 1.807) is 0 Å². The first kappa shape index (κ1) is 14.5. The highest BCUT2D eigenvalue weighted by atomic mass is 32.2. The van der Waals surface area contributed by atoms with Crippen LogP contribution in [0.5, 0.6) is 0 Å². The molecule has 0 bridgehead atoms. The van der Waals surface area contributed by atoms with Crippen LogP contribution >= 0.6 is 11.8 Å². The zero-order chi connectivity index (χ0) is 15.9. The van der Waals surface area contributed by atoms with E-state index in [4.69, 9.17) is 0 Å². The predicted octanol–water partition coefficient (Wildman–Crippen LogP) is 3.47. The average molecular weight is 342 g/mol. The van der Waals surface area contributed by atoms with Crippen molar-refractivity contribution in [3.05, 3.63) is 77.2 Å². The molecule has 0 spiro atoms. The Labute approximate surface area is 139 Å². The van der Waals surface area contributed by atoms with Gasteiger partial charge in [-0.05, 0) is 11.1 Å². The Bertz CT molecular complexity index is 891. The third kappa shape index (κ3) is 2.58. The number of hydrogen-bond donors (Lipinski definition) is 0. The van der Waals surface area contributed by atoms with E-state index < -0.39 is 10.0 Å². The Morgan fingerprint density at radius 2 is 1.65 bits per heavy atom. The van der Waals surface area contributed by atoms with Gasteiger partial charge in [0.15, 0.2) is 5.17 Å². The SMILES string of the molecule is O=S1(=O)CC(c2ccccc2)N=C2SC=C(c3ccccc3)N21. The maximum Gasteiger partial charge on any atom is 0.243 e. The average Bonchev–Trinajstić information content (AvgIpc) is 3.01. The highest BCUT2D eigenvalue weighted by Gasteiger charge is 2.40. The molecule has 2 aromatic rings. The van der Waals surface area contributed by atoms with Gasteiger partial charge in [0.05, 0.1) is 17.5 Å². The van der Waals surface area contributed by atoms with E-state index in [2.05, 4.69) is 4.99 Å². The lowest BCUT2D eigenvalue weighted by Gasteiger charge is -2.29. The van der Waals surface area contributed by atoms with Crippen LogP contribution in [0.25, 0.3) is 5.70 Å². The van der Waals surface area contributed by atoms with Crippen LogP contribution in [0.3, 0.4) is 0 Å². The molecule has 2 heterocycles. The second-order valence-electron chi connectivity index (χ2n) is 5.37. The molecule has 2 aromatic carbocycles. The second kappa shape index (κ2) is 5.54. The normalized spacial score (nSPS) is 22.3. The molecular weight excluding hydrogens is 328 g/mol. The fourth-order valence-corrected chi connectivity index (χ4v) is 5.68. The minimum Gasteiger partial charge on any atom is -0.252 e. The third-order valence-corrected chi connectivity index (χ3v) is 6.45. The molecule has 0 saturated heterocycles.